The van der Waals surface area contributed by atoms with Gasteiger partial charge < -0.3 is 4.90 Å². The third-order valence-electron chi connectivity index (χ3n) is 3.53. The van der Waals surface area contributed by atoms with Crippen LogP contribution in [0.4, 0.5) is 18.9 Å². The van der Waals surface area contributed by atoms with Gasteiger partial charge in [-0.25, -0.2) is 0 Å². The number of hydrogen-bond donors (Lipinski definition) is 0. The van der Waals surface area contributed by atoms with Crippen molar-refractivity contribution < 1.29 is 13.2 Å². The van der Waals surface area contributed by atoms with Gasteiger partial charge in [0.15, 0.2) is 0 Å². The van der Waals surface area contributed by atoms with Crippen molar-refractivity contribution in [2.75, 3.05) is 19.0 Å². The molecule has 0 aliphatic heterocycles. The summed E-state index contributed by atoms with van der Waals surface area (Å²) in [6.45, 7) is 1.68. The molecule has 0 atom stereocenters. The van der Waals surface area contributed by atoms with Crippen molar-refractivity contribution in [1.29, 1.82) is 0 Å². The third-order valence-corrected chi connectivity index (χ3v) is 3.53. The van der Waals surface area contributed by atoms with Crippen molar-refractivity contribution in [2.24, 2.45) is 0 Å². The van der Waals surface area contributed by atoms with E-state index in [-0.39, 0.29) is 12.1 Å². The molecule has 0 saturated heterocycles. The van der Waals surface area contributed by atoms with E-state index < -0.39 is 11.7 Å². The lowest BCUT2D eigenvalue weighted by molar-refractivity contribution is -0.138. The molecule has 1 aromatic carbocycles. The quantitative estimate of drug-likeness (QED) is 0.836. The van der Waals surface area contributed by atoms with Crippen molar-refractivity contribution in [3.8, 4) is 0 Å². The summed E-state index contributed by atoms with van der Waals surface area (Å²) in [6.07, 6.45) is -2.11. The Balaban J connectivity index is 2.26. The molecule has 0 N–H and O–H groups in total. The predicted octanol–water partition coefficient (Wildman–Crippen LogP) is 4.32. The fraction of sp³-hybridized carbons (Fsp3) is 0.353. The van der Waals surface area contributed by atoms with Gasteiger partial charge in [0.05, 0.1) is 11.3 Å². The van der Waals surface area contributed by atoms with Gasteiger partial charge in [-0.1, -0.05) is 19.1 Å². The van der Waals surface area contributed by atoms with E-state index in [0.717, 1.165) is 11.3 Å². The molecular formula is C17H19F3N2. The second-order valence-corrected chi connectivity index (χ2v) is 5.43. The highest BCUT2D eigenvalue weighted by molar-refractivity contribution is 5.46. The normalized spacial score (nSPS) is 11.5. The molecule has 1 aromatic heterocycles. The molecule has 118 valence electrons. The van der Waals surface area contributed by atoms with E-state index >= 15 is 0 Å². The van der Waals surface area contributed by atoms with E-state index in [9.17, 15) is 13.2 Å². The largest absolute Gasteiger partial charge is 0.418 e. The Labute approximate surface area is 128 Å². The zero-order chi connectivity index (χ0) is 16.3. The predicted molar refractivity (Wildman–Crippen MR) is 82.2 cm³/mol. The van der Waals surface area contributed by atoms with Gasteiger partial charge in [0.1, 0.15) is 0 Å². The molecule has 0 spiro atoms. The topological polar surface area (TPSA) is 16.1 Å². The van der Waals surface area contributed by atoms with Crippen molar-refractivity contribution in [3.63, 3.8) is 0 Å². The van der Waals surface area contributed by atoms with Crippen molar-refractivity contribution >= 4 is 5.69 Å². The summed E-state index contributed by atoms with van der Waals surface area (Å²) >= 11 is 0. The van der Waals surface area contributed by atoms with Crippen molar-refractivity contribution in [2.45, 2.75) is 25.9 Å². The third kappa shape index (κ3) is 3.78. The molecule has 2 nitrogen and oxygen atoms in total. The smallest absolute Gasteiger partial charge is 0.378 e. The number of aromatic nitrogens is 1. The van der Waals surface area contributed by atoms with Crippen LogP contribution in [0.1, 0.15) is 29.3 Å². The Hall–Kier alpha value is -2.04. The van der Waals surface area contributed by atoms with Gasteiger partial charge in [0, 0.05) is 26.0 Å². The highest BCUT2D eigenvalue weighted by Crippen LogP contribution is 2.32. The number of alkyl halides is 3. The number of halogens is 3. The van der Waals surface area contributed by atoms with Crippen LogP contribution < -0.4 is 4.90 Å². The Morgan fingerprint density at radius 2 is 1.68 bits per heavy atom. The summed E-state index contributed by atoms with van der Waals surface area (Å²) in [6, 6.07) is 8.97. The molecule has 0 radical (unpaired) electrons. The maximum atomic E-state index is 13.1. The molecular weight excluding hydrogens is 289 g/mol. The average Bonchev–Trinajstić information content (AvgIpc) is 2.47. The molecule has 1 heterocycles. The lowest BCUT2D eigenvalue weighted by Crippen LogP contribution is -2.11. The maximum absolute atomic E-state index is 13.1. The molecule has 2 aromatic rings. The first-order valence-corrected chi connectivity index (χ1v) is 7.12. The molecule has 2 rings (SSSR count). The number of nitrogens with zero attached hydrogens (tertiary/aromatic N) is 2. The number of rotatable bonds is 4. The van der Waals surface area contributed by atoms with Gasteiger partial charge in [-0.2, -0.15) is 13.2 Å². The van der Waals surface area contributed by atoms with E-state index in [1.54, 1.807) is 6.92 Å². The van der Waals surface area contributed by atoms with Crippen LogP contribution in [0, 0.1) is 0 Å². The Morgan fingerprint density at radius 3 is 2.18 bits per heavy atom. The van der Waals surface area contributed by atoms with Gasteiger partial charge in [0.25, 0.3) is 0 Å². The van der Waals surface area contributed by atoms with Crippen LogP contribution in [0.25, 0.3) is 0 Å². The lowest BCUT2D eigenvalue weighted by Gasteiger charge is -2.14. The summed E-state index contributed by atoms with van der Waals surface area (Å²) in [5.41, 5.74) is 2.06. The van der Waals surface area contributed by atoms with Crippen LogP contribution in [-0.4, -0.2) is 19.1 Å². The monoisotopic (exact) mass is 308 g/mol. The fourth-order valence-electron chi connectivity index (χ4n) is 2.31. The highest BCUT2D eigenvalue weighted by atomic mass is 19.4. The van der Waals surface area contributed by atoms with E-state index in [4.69, 9.17) is 0 Å². The molecule has 0 saturated carbocycles. The number of aryl methyl sites for hydroxylation is 1. The minimum absolute atomic E-state index is 0.0965. The van der Waals surface area contributed by atoms with Gasteiger partial charge in [-0.3, -0.25) is 4.98 Å². The standard InChI is InChI=1S/C17H19F3N2/c1-4-16-15(17(18,19)20)10-13(11-21-16)9-12-5-7-14(8-6-12)22(2)3/h5-8,10-11H,4,9H2,1-3H3. The van der Waals surface area contributed by atoms with Gasteiger partial charge in [-0.05, 0) is 42.2 Å². The first-order valence-electron chi connectivity index (χ1n) is 7.12. The van der Waals surface area contributed by atoms with Crippen LogP contribution in [0.15, 0.2) is 36.5 Å². The summed E-state index contributed by atoms with van der Waals surface area (Å²) in [5.74, 6) is 0. The lowest BCUT2D eigenvalue weighted by atomic mass is 10.0. The minimum atomic E-state index is -4.36. The summed E-state index contributed by atoms with van der Waals surface area (Å²) in [5, 5.41) is 0. The zero-order valence-corrected chi connectivity index (χ0v) is 12.9. The Kier molecular flexibility index (Phi) is 4.74. The summed E-state index contributed by atoms with van der Waals surface area (Å²) < 4.78 is 39.2. The second-order valence-electron chi connectivity index (χ2n) is 5.43. The zero-order valence-electron chi connectivity index (χ0n) is 12.9. The SMILES string of the molecule is CCc1ncc(Cc2ccc(N(C)C)cc2)cc1C(F)(F)F. The molecule has 0 fully saturated rings. The molecule has 0 aliphatic carbocycles. The second kappa shape index (κ2) is 6.38. The van der Waals surface area contributed by atoms with Crippen LogP contribution in [0.5, 0.6) is 0 Å². The van der Waals surface area contributed by atoms with Gasteiger partial charge in [-0.15, -0.1) is 0 Å². The van der Waals surface area contributed by atoms with Crippen LogP contribution in [0.2, 0.25) is 0 Å². The van der Waals surface area contributed by atoms with Crippen molar-refractivity contribution in [3.05, 3.63) is 58.9 Å². The number of benzene rings is 1. The molecule has 0 amide bonds. The summed E-state index contributed by atoms with van der Waals surface area (Å²) in [4.78, 5) is 5.95. The van der Waals surface area contributed by atoms with E-state index in [1.165, 1.54) is 12.3 Å². The first-order chi connectivity index (χ1) is 10.3. The van der Waals surface area contributed by atoms with Gasteiger partial charge >= 0.3 is 6.18 Å². The maximum Gasteiger partial charge on any atom is 0.418 e. The van der Waals surface area contributed by atoms with E-state index in [1.807, 2.05) is 43.3 Å². The highest BCUT2D eigenvalue weighted by Gasteiger charge is 2.33. The van der Waals surface area contributed by atoms with Crippen LogP contribution in [0.3, 0.4) is 0 Å². The number of hydrogen-bond acceptors (Lipinski definition) is 2. The number of pyridine rings is 1. The molecule has 0 bridgehead atoms. The average molecular weight is 308 g/mol. The molecule has 0 aliphatic rings. The van der Waals surface area contributed by atoms with E-state index in [0.29, 0.717) is 12.0 Å². The van der Waals surface area contributed by atoms with Crippen LogP contribution in [-0.2, 0) is 19.0 Å². The van der Waals surface area contributed by atoms with Crippen LogP contribution >= 0.6 is 0 Å². The molecule has 22 heavy (non-hydrogen) atoms. The number of anilines is 1. The fourth-order valence-corrected chi connectivity index (χ4v) is 2.31. The minimum Gasteiger partial charge on any atom is -0.378 e. The van der Waals surface area contributed by atoms with Gasteiger partial charge in [0.2, 0.25) is 0 Å². The summed E-state index contributed by atoms with van der Waals surface area (Å²) in [7, 11) is 3.88. The van der Waals surface area contributed by atoms with Crippen molar-refractivity contribution in [1.82, 2.24) is 4.98 Å². The first kappa shape index (κ1) is 16.3. The Morgan fingerprint density at radius 1 is 1.05 bits per heavy atom. The Bertz CT molecular complexity index is 631. The molecule has 0 unspecified atom stereocenters. The van der Waals surface area contributed by atoms with E-state index in [2.05, 4.69) is 4.98 Å². The molecule has 5 heteroatoms.